The van der Waals surface area contributed by atoms with Crippen molar-refractivity contribution < 1.29 is 38.1 Å². The molecule has 19 rings (SSSR count). The van der Waals surface area contributed by atoms with Crippen molar-refractivity contribution in [2.24, 2.45) is 0 Å². The molecule has 8 nitrogen and oxygen atoms in total. The van der Waals surface area contributed by atoms with Gasteiger partial charge in [0.2, 0.25) is 0 Å². The summed E-state index contributed by atoms with van der Waals surface area (Å²) in [7, 11) is 0. The molecule has 0 radical (unpaired) electrons. The second-order valence-electron chi connectivity index (χ2n) is 36.1. The van der Waals surface area contributed by atoms with Gasteiger partial charge in [0.15, 0.2) is 0 Å². The molecule has 0 heterocycles. The van der Waals surface area contributed by atoms with Crippen LogP contribution in [-0.2, 0) is 36.6 Å². The number of carbonyl (C=O) groups excluding carboxylic acids is 4. The van der Waals surface area contributed by atoms with Gasteiger partial charge < -0.3 is 18.9 Å². The summed E-state index contributed by atoms with van der Waals surface area (Å²) in [6, 6.07) is 113. The van der Waals surface area contributed by atoms with Crippen LogP contribution < -0.4 is 0 Å². The normalized spacial score (nSPS) is 13.3. The first kappa shape index (κ1) is 88.6. The van der Waals surface area contributed by atoms with Crippen LogP contribution in [0.1, 0.15) is 256 Å². The molecule has 18 aromatic carbocycles. The Bertz CT molecular complexity index is 7190. The summed E-state index contributed by atoms with van der Waals surface area (Å²) in [6.45, 7) is 29.2. The van der Waals surface area contributed by atoms with E-state index in [-0.39, 0.29) is 36.1 Å². The average Bonchev–Trinajstić information content (AvgIpc) is 0.745. The molecule has 6 unspecified atom stereocenters. The number of ether oxygens (including phenoxy) is 4. The lowest BCUT2D eigenvalue weighted by atomic mass is 9.87. The van der Waals surface area contributed by atoms with Gasteiger partial charge in [-0.25, -0.2) is 19.2 Å². The highest BCUT2D eigenvalue weighted by Gasteiger charge is 2.30. The molecular weight excluding hydrogens is 1580 g/mol. The molecule has 0 N–H and O–H groups in total. The van der Waals surface area contributed by atoms with Gasteiger partial charge >= 0.3 is 23.9 Å². The fraction of sp³-hybridized carbons (Fsp3) is 0.223. The monoisotopic (exact) mass is 1690 g/mol. The molecule has 129 heavy (non-hydrogen) atoms. The minimum Gasteiger partial charge on any atom is -0.454 e. The highest BCUT2D eigenvalue weighted by molar-refractivity contribution is 6.27. The molecule has 8 heteroatoms. The van der Waals surface area contributed by atoms with Crippen LogP contribution in [0, 0.1) is 0 Å². The van der Waals surface area contributed by atoms with Gasteiger partial charge in [0.1, 0.15) is 23.4 Å². The van der Waals surface area contributed by atoms with Crippen LogP contribution in [-0.4, -0.2) is 23.9 Å². The summed E-state index contributed by atoms with van der Waals surface area (Å²) in [4.78, 5) is 51.4. The van der Waals surface area contributed by atoms with E-state index in [9.17, 15) is 19.2 Å². The first-order valence-corrected chi connectivity index (χ1v) is 45.9. The number of carbonyl (C=O) groups is 4. The summed E-state index contributed by atoms with van der Waals surface area (Å²) in [5, 5.41) is 24.4. The number of hydrogen-bond acceptors (Lipinski definition) is 8. The molecule has 0 aromatic heterocycles. The lowest BCUT2D eigenvalue weighted by molar-refractivity contribution is -0.00415. The van der Waals surface area contributed by atoms with Crippen molar-refractivity contribution in [2.75, 3.05) is 0 Å². The molecule has 0 bridgehead atoms. The Morgan fingerprint density at radius 1 is 0.271 bits per heavy atom. The van der Waals surface area contributed by atoms with Crippen molar-refractivity contribution >= 4 is 138 Å². The fourth-order valence-corrected chi connectivity index (χ4v) is 18.0. The predicted molar refractivity (Wildman–Crippen MR) is 539 cm³/mol. The molecule has 18 aromatic rings. The zero-order chi connectivity index (χ0) is 90.4. The summed E-state index contributed by atoms with van der Waals surface area (Å²) >= 11 is 0. The fourth-order valence-electron chi connectivity index (χ4n) is 18.0. The number of fused-ring (bicyclic) bond motifs is 15. The highest BCUT2D eigenvalue weighted by Crippen LogP contribution is 2.42. The lowest BCUT2D eigenvalue weighted by Gasteiger charge is -2.27. The Balaban J connectivity index is 0.000000126. The van der Waals surface area contributed by atoms with Crippen LogP contribution in [0.15, 0.2) is 334 Å². The molecule has 0 amide bonds. The number of hydrogen-bond donors (Lipinski definition) is 0. The van der Waals surface area contributed by atoms with Crippen molar-refractivity contribution in [1.82, 2.24) is 0 Å². The third-order valence-corrected chi connectivity index (χ3v) is 26.8. The van der Waals surface area contributed by atoms with E-state index in [1.807, 2.05) is 139 Å². The van der Waals surface area contributed by atoms with E-state index in [0.717, 1.165) is 59.7 Å². The van der Waals surface area contributed by atoms with Gasteiger partial charge in [-0.2, -0.15) is 0 Å². The number of esters is 4. The minimum atomic E-state index is -0.770. The van der Waals surface area contributed by atoms with Crippen LogP contribution in [0.2, 0.25) is 0 Å². The minimum absolute atomic E-state index is 0.288. The van der Waals surface area contributed by atoms with Crippen molar-refractivity contribution in [2.45, 2.75) is 176 Å². The molecule has 646 valence electrons. The van der Waals surface area contributed by atoms with Crippen molar-refractivity contribution in [3.63, 3.8) is 0 Å². The number of benzene rings is 18. The van der Waals surface area contributed by atoms with Gasteiger partial charge in [-0.05, 0) is 364 Å². The maximum atomic E-state index is 13.0. The van der Waals surface area contributed by atoms with E-state index in [1.165, 1.54) is 136 Å². The molecule has 0 saturated heterocycles. The zero-order valence-corrected chi connectivity index (χ0v) is 76.6. The van der Waals surface area contributed by atoms with Crippen LogP contribution in [0.5, 0.6) is 0 Å². The molecular formula is C121H114O8. The van der Waals surface area contributed by atoms with Crippen LogP contribution >= 0.6 is 0 Å². The molecule has 1 aliphatic carbocycles. The summed E-state index contributed by atoms with van der Waals surface area (Å²) < 4.78 is 23.7. The third kappa shape index (κ3) is 19.1. The molecule has 0 fully saturated rings. The van der Waals surface area contributed by atoms with Crippen molar-refractivity contribution in [3.8, 4) is 0 Å². The average molecular weight is 1700 g/mol. The molecule has 0 aliphatic heterocycles. The van der Waals surface area contributed by atoms with E-state index in [4.69, 9.17) is 18.9 Å². The van der Waals surface area contributed by atoms with Gasteiger partial charge in [0.05, 0.1) is 22.3 Å². The Labute approximate surface area is 758 Å². The molecule has 1 aliphatic rings. The van der Waals surface area contributed by atoms with E-state index in [2.05, 4.69) is 298 Å². The number of allylic oxidation sites excluding steroid dienone is 1. The van der Waals surface area contributed by atoms with Gasteiger partial charge in [0.25, 0.3) is 0 Å². The summed E-state index contributed by atoms with van der Waals surface area (Å²) in [5.41, 5.74) is 12.4. The SMILES string of the molecule is CCC(C)c1ccc(C(=O)OC(C)(C)c2cc3c4c(cccc4c2)CC=C3)cc1.CCC(C)c1ccc(C(=O)OC(C)(C)c2ccc3c4ccccc4c4ccccc4c3c2)cc1.CCC(C)c1ccc(C(=O)OC(C)c2ccc3c4ccccc4c4ccccc4c3c2)cc1.CCC(C)c1ccc(C(=O)OC(C)c2ccc3cc4cc5ccccc5cc4cc3c2)cc1. The van der Waals surface area contributed by atoms with Gasteiger partial charge in [-0.1, -0.05) is 292 Å². The first-order valence-electron chi connectivity index (χ1n) is 45.9. The number of rotatable bonds is 20. The molecule has 6 atom stereocenters. The van der Waals surface area contributed by atoms with Crippen molar-refractivity contribution in [1.29, 1.82) is 0 Å². The maximum Gasteiger partial charge on any atom is 0.338 e. The quantitative estimate of drug-likeness (QED) is 0.0322. The summed E-state index contributed by atoms with van der Waals surface area (Å²) in [6.07, 6.45) is 8.96. The van der Waals surface area contributed by atoms with Gasteiger partial charge in [-0.3, -0.25) is 0 Å². The van der Waals surface area contributed by atoms with Gasteiger partial charge in [0, 0.05) is 0 Å². The predicted octanol–water partition coefficient (Wildman–Crippen LogP) is 32.9. The summed E-state index contributed by atoms with van der Waals surface area (Å²) in [5.74, 6) is 0.769. The largest absolute Gasteiger partial charge is 0.454 e. The lowest BCUT2D eigenvalue weighted by Crippen LogP contribution is -2.26. The zero-order valence-electron chi connectivity index (χ0n) is 76.6. The Morgan fingerprint density at radius 2 is 0.581 bits per heavy atom. The second-order valence-corrected chi connectivity index (χ2v) is 36.1. The van der Waals surface area contributed by atoms with E-state index in [1.54, 1.807) is 0 Å². The van der Waals surface area contributed by atoms with Crippen LogP contribution in [0.4, 0.5) is 0 Å². The van der Waals surface area contributed by atoms with E-state index >= 15 is 0 Å². The molecule has 0 spiro atoms. The first-order chi connectivity index (χ1) is 62.3. The van der Waals surface area contributed by atoms with Gasteiger partial charge in [-0.15, -0.1) is 0 Å². The second kappa shape index (κ2) is 38.4. The van der Waals surface area contributed by atoms with Crippen LogP contribution in [0.25, 0.3) is 114 Å². The highest BCUT2D eigenvalue weighted by atomic mass is 16.6. The van der Waals surface area contributed by atoms with Crippen molar-refractivity contribution in [3.05, 3.63) is 412 Å². The Hall–Kier alpha value is -13.8. The van der Waals surface area contributed by atoms with E-state index in [0.29, 0.717) is 45.9 Å². The topological polar surface area (TPSA) is 105 Å². The Kier molecular flexibility index (Phi) is 26.4. The Morgan fingerprint density at radius 3 is 0.992 bits per heavy atom. The maximum absolute atomic E-state index is 13.0. The standard InChI is InChI=1S/C32H30O2.2C31H28O2.C27H28O2/c1-5-21(2)22-14-16-23(17-15-22)31(33)34-32(3,4)24-18-19-29-27-12-7-6-10-25(27)26-11-8-9-13-28(26)30(29)20-24;1-4-20(2)22-13-15-23(16-14-22)31(32)33-21(3)24-17-18-29-27-11-6-5-9-25(27)26-10-7-8-12-28(26)30(29)19-24;1-4-20(2)22-9-11-23(12-10-22)31(32)33-21(3)24-13-14-27-18-29-16-25-7-5-6-8-26(25)17-30(29)19-28(27)15-24;1-5-18(2)19-12-14-21(15-13-19)26(28)29-27(3,4)24-16-22-10-6-8-20-9-7-11-23(17-24)25(20)22/h6-21H,5H2,1-4H3;2*5-21H,4H2,1-3H3;6-8,10-18H,5,9H2,1-4H3. The molecule has 0 saturated carbocycles. The third-order valence-electron chi connectivity index (χ3n) is 26.8. The van der Waals surface area contributed by atoms with Crippen LogP contribution in [0.3, 0.4) is 0 Å². The smallest absolute Gasteiger partial charge is 0.338 e. The van der Waals surface area contributed by atoms with E-state index < -0.39 is 11.2 Å².